The fraction of sp³-hybridized carbons (Fsp3) is 0.412. The Morgan fingerprint density at radius 1 is 1.24 bits per heavy atom. The van der Waals surface area contributed by atoms with Crippen LogP contribution in [0.5, 0.6) is 0 Å². The lowest BCUT2D eigenvalue weighted by Crippen LogP contribution is -2.25. The van der Waals surface area contributed by atoms with E-state index in [1.165, 1.54) is 11.1 Å². The minimum Gasteiger partial charge on any atom is -0.356 e. The summed E-state index contributed by atoms with van der Waals surface area (Å²) in [5.74, 6) is 0.125. The highest BCUT2D eigenvalue weighted by Gasteiger charge is 2.02. The molecule has 1 heterocycles. The van der Waals surface area contributed by atoms with E-state index in [2.05, 4.69) is 41.5 Å². The molecule has 0 saturated carbocycles. The van der Waals surface area contributed by atoms with Crippen molar-refractivity contribution < 1.29 is 4.79 Å². The number of nitrogens with zero attached hydrogens (tertiary/aromatic N) is 2. The summed E-state index contributed by atoms with van der Waals surface area (Å²) < 4.78 is 2.02. The fourth-order valence-corrected chi connectivity index (χ4v) is 2.20. The van der Waals surface area contributed by atoms with Gasteiger partial charge in [-0.3, -0.25) is 4.79 Å². The highest BCUT2D eigenvalue weighted by atomic mass is 16.1. The zero-order valence-corrected chi connectivity index (χ0v) is 12.6. The highest BCUT2D eigenvalue weighted by Crippen LogP contribution is 2.07. The van der Waals surface area contributed by atoms with Crippen LogP contribution in [0.3, 0.4) is 0 Å². The van der Waals surface area contributed by atoms with Gasteiger partial charge in [-0.25, -0.2) is 4.98 Å². The molecule has 0 unspecified atom stereocenters. The summed E-state index contributed by atoms with van der Waals surface area (Å²) in [6.07, 6.45) is 8.82. The van der Waals surface area contributed by atoms with Gasteiger partial charge in [-0.05, 0) is 30.4 Å². The summed E-state index contributed by atoms with van der Waals surface area (Å²) in [7, 11) is 0. The Labute approximate surface area is 126 Å². The number of nitrogens with one attached hydrogen (secondary N) is 1. The molecule has 0 atom stereocenters. The van der Waals surface area contributed by atoms with Gasteiger partial charge >= 0.3 is 0 Å². The predicted octanol–water partition coefficient (Wildman–Crippen LogP) is 2.58. The molecule has 1 aromatic carbocycles. The Hall–Kier alpha value is -2.10. The van der Waals surface area contributed by atoms with Crippen LogP contribution in [-0.4, -0.2) is 22.0 Å². The van der Waals surface area contributed by atoms with Crippen LogP contribution in [-0.2, 0) is 24.2 Å². The van der Waals surface area contributed by atoms with Crippen LogP contribution in [0.25, 0.3) is 0 Å². The summed E-state index contributed by atoms with van der Waals surface area (Å²) in [5, 5.41) is 2.97. The molecule has 2 aromatic rings. The maximum Gasteiger partial charge on any atom is 0.220 e. The molecular weight excluding hydrogens is 262 g/mol. The molecule has 0 radical (unpaired) electrons. The SMILES string of the molecule is CCc1ccc(CCC(=O)NCCCn2ccnc2)cc1. The summed E-state index contributed by atoms with van der Waals surface area (Å²) in [6.45, 7) is 3.75. The van der Waals surface area contributed by atoms with Crippen LogP contribution in [0.1, 0.15) is 30.9 Å². The van der Waals surface area contributed by atoms with Crippen molar-refractivity contribution in [1.29, 1.82) is 0 Å². The molecule has 0 spiro atoms. The van der Waals surface area contributed by atoms with E-state index in [-0.39, 0.29) is 5.91 Å². The minimum atomic E-state index is 0.125. The Kier molecular flexibility index (Phi) is 6.00. The topological polar surface area (TPSA) is 46.9 Å². The van der Waals surface area contributed by atoms with Gasteiger partial charge in [0.05, 0.1) is 6.33 Å². The lowest BCUT2D eigenvalue weighted by Gasteiger charge is -2.06. The Morgan fingerprint density at radius 3 is 2.67 bits per heavy atom. The third kappa shape index (κ3) is 5.42. The number of aryl methyl sites for hydroxylation is 3. The third-order valence-electron chi connectivity index (χ3n) is 3.55. The van der Waals surface area contributed by atoms with Crippen LogP contribution < -0.4 is 5.32 Å². The predicted molar refractivity (Wildman–Crippen MR) is 84.0 cm³/mol. The number of aromatic nitrogens is 2. The maximum absolute atomic E-state index is 11.8. The quantitative estimate of drug-likeness (QED) is 0.758. The zero-order valence-electron chi connectivity index (χ0n) is 12.6. The molecule has 0 aliphatic rings. The van der Waals surface area contributed by atoms with Gasteiger partial charge in [-0.1, -0.05) is 31.2 Å². The van der Waals surface area contributed by atoms with Gasteiger partial charge in [0.1, 0.15) is 0 Å². The first-order valence-corrected chi connectivity index (χ1v) is 7.58. The number of carbonyl (C=O) groups excluding carboxylic acids is 1. The lowest BCUT2D eigenvalue weighted by molar-refractivity contribution is -0.121. The second-order valence-electron chi connectivity index (χ2n) is 5.17. The Balaban J connectivity index is 1.60. The molecule has 4 heteroatoms. The van der Waals surface area contributed by atoms with Crippen LogP contribution in [0.2, 0.25) is 0 Å². The van der Waals surface area contributed by atoms with E-state index in [1.54, 1.807) is 12.5 Å². The normalized spacial score (nSPS) is 10.5. The molecule has 0 fully saturated rings. The molecule has 0 bridgehead atoms. The standard InChI is InChI=1S/C17H23N3O/c1-2-15-4-6-16(7-5-15)8-9-17(21)19-10-3-12-20-13-11-18-14-20/h4-7,11,13-14H,2-3,8-10,12H2,1H3,(H,19,21). The molecule has 0 saturated heterocycles. The van der Waals surface area contributed by atoms with Crippen molar-refractivity contribution in [3.05, 3.63) is 54.1 Å². The van der Waals surface area contributed by atoms with Crippen LogP contribution in [0.4, 0.5) is 0 Å². The van der Waals surface area contributed by atoms with Crippen molar-refractivity contribution in [3.63, 3.8) is 0 Å². The molecule has 112 valence electrons. The average Bonchev–Trinajstić information content (AvgIpc) is 3.03. The van der Waals surface area contributed by atoms with E-state index >= 15 is 0 Å². The summed E-state index contributed by atoms with van der Waals surface area (Å²) in [6, 6.07) is 8.51. The lowest BCUT2D eigenvalue weighted by atomic mass is 10.1. The number of hydrogen-bond donors (Lipinski definition) is 1. The molecule has 1 N–H and O–H groups in total. The number of amides is 1. The van der Waals surface area contributed by atoms with Gasteiger partial charge in [-0.15, -0.1) is 0 Å². The van der Waals surface area contributed by atoms with Crippen LogP contribution >= 0.6 is 0 Å². The largest absolute Gasteiger partial charge is 0.356 e. The molecule has 1 amide bonds. The van der Waals surface area contributed by atoms with E-state index in [9.17, 15) is 4.79 Å². The van der Waals surface area contributed by atoms with Crippen molar-refractivity contribution >= 4 is 5.91 Å². The van der Waals surface area contributed by atoms with E-state index in [0.29, 0.717) is 13.0 Å². The van der Waals surface area contributed by atoms with Crippen molar-refractivity contribution in [2.75, 3.05) is 6.54 Å². The van der Waals surface area contributed by atoms with Crippen molar-refractivity contribution in [2.24, 2.45) is 0 Å². The zero-order chi connectivity index (χ0) is 14.9. The third-order valence-corrected chi connectivity index (χ3v) is 3.55. The summed E-state index contributed by atoms with van der Waals surface area (Å²) >= 11 is 0. The van der Waals surface area contributed by atoms with E-state index in [0.717, 1.165) is 25.8 Å². The minimum absolute atomic E-state index is 0.125. The highest BCUT2D eigenvalue weighted by molar-refractivity contribution is 5.76. The van der Waals surface area contributed by atoms with E-state index < -0.39 is 0 Å². The number of imidazole rings is 1. The number of rotatable bonds is 8. The first-order valence-electron chi connectivity index (χ1n) is 7.58. The molecular formula is C17H23N3O. The molecule has 2 rings (SSSR count). The average molecular weight is 285 g/mol. The van der Waals surface area contributed by atoms with E-state index in [1.807, 2.05) is 10.8 Å². The fourth-order valence-electron chi connectivity index (χ4n) is 2.20. The van der Waals surface area contributed by atoms with Crippen molar-refractivity contribution in [2.45, 2.75) is 39.2 Å². The van der Waals surface area contributed by atoms with E-state index in [4.69, 9.17) is 0 Å². The van der Waals surface area contributed by atoms with Gasteiger partial charge in [0.25, 0.3) is 0 Å². The Morgan fingerprint density at radius 2 is 2.00 bits per heavy atom. The van der Waals surface area contributed by atoms with Gasteiger partial charge < -0.3 is 9.88 Å². The second kappa shape index (κ2) is 8.25. The van der Waals surface area contributed by atoms with Gasteiger partial charge in [0.15, 0.2) is 0 Å². The molecule has 0 aliphatic heterocycles. The van der Waals surface area contributed by atoms with Crippen molar-refractivity contribution in [3.8, 4) is 0 Å². The summed E-state index contributed by atoms with van der Waals surface area (Å²) in [4.78, 5) is 15.8. The number of benzene rings is 1. The second-order valence-corrected chi connectivity index (χ2v) is 5.17. The first kappa shape index (κ1) is 15.3. The smallest absolute Gasteiger partial charge is 0.220 e. The first-order chi connectivity index (χ1) is 10.3. The van der Waals surface area contributed by atoms with Crippen LogP contribution in [0.15, 0.2) is 43.0 Å². The molecule has 1 aromatic heterocycles. The molecule has 0 aliphatic carbocycles. The van der Waals surface area contributed by atoms with Gasteiger partial charge in [0, 0.05) is 31.9 Å². The molecule has 21 heavy (non-hydrogen) atoms. The maximum atomic E-state index is 11.8. The van der Waals surface area contributed by atoms with Gasteiger partial charge in [-0.2, -0.15) is 0 Å². The summed E-state index contributed by atoms with van der Waals surface area (Å²) in [5.41, 5.74) is 2.56. The van der Waals surface area contributed by atoms with Crippen LogP contribution in [0, 0.1) is 0 Å². The number of carbonyl (C=O) groups is 1. The van der Waals surface area contributed by atoms with Gasteiger partial charge in [0.2, 0.25) is 5.91 Å². The Bertz CT molecular complexity index is 532. The number of hydrogen-bond acceptors (Lipinski definition) is 2. The monoisotopic (exact) mass is 285 g/mol. The molecule has 4 nitrogen and oxygen atoms in total. The van der Waals surface area contributed by atoms with Crippen molar-refractivity contribution in [1.82, 2.24) is 14.9 Å².